The number of thiazole rings is 1. The maximum atomic E-state index is 4.76. The molecule has 9 heteroatoms. The average molecular weight is 408 g/mol. The van der Waals surface area contributed by atoms with Gasteiger partial charge in [0.2, 0.25) is 0 Å². The Morgan fingerprint density at radius 3 is 3.15 bits per heavy atom. The van der Waals surface area contributed by atoms with Crippen molar-refractivity contribution in [2.45, 2.75) is 36.6 Å². The van der Waals surface area contributed by atoms with E-state index < -0.39 is 0 Å². The fourth-order valence-electron chi connectivity index (χ4n) is 3.11. The third kappa shape index (κ3) is 6.42. The van der Waals surface area contributed by atoms with Gasteiger partial charge in [-0.25, -0.2) is 4.98 Å². The zero-order valence-corrected chi connectivity index (χ0v) is 17.7. The van der Waals surface area contributed by atoms with Crippen LogP contribution in [0.4, 0.5) is 5.69 Å². The molecule has 1 unspecified atom stereocenters. The summed E-state index contributed by atoms with van der Waals surface area (Å²) >= 11 is 3.51. The van der Waals surface area contributed by atoms with Gasteiger partial charge in [0, 0.05) is 62.8 Å². The molecule has 148 valence electrons. The predicted octanol–water partition coefficient (Wildman–Crippen LogP) is 2.58. The van der Waals surface area contributed by atoms with Crippen molar-refractivity contribution in [1.82, 2.24) is 25.4 Å². The molecule has 2 aromatic heterocycles. The Kier molecular flexibility index (Phi) is 7.82. The first-order chi connectivity index (χ1) is 13.2. The lowest BCUT2D eigenvalue weighted by atomic mass is 10.1. The molecule has 1 aliphatic heterocycles. The molecule has 0 radical (unpaired) electrons. The van der Waals surface area contributed by atoms with E-state index in [1.54, 1.807) is 11.3 Å². The molecule has 0 spiro atoms. The van der Waals surface area contributed by atoms with Crippen LogP contribution >= 0.6 is 23.1 Å². The molecule has 1 atom stereocenters. The van der Waals surface area contributed by atoms with Crippen molar-refractivity contribution in [3.63, 3.8) is 0 Å². The van der Waals surface area contributed by atoms with Gasteiger partial charge in [-0.2, -0.15) is 5.10 Å². The van der Waals surface area contributed by atoms with Gasteiger partial charge in [-0.1, -0.05) is 11.8 Å². The Hall–Kier alpha value is -1.74. The summed E-state index contributed by atoms with van der Waals surface area (Å²) in [7, 11) is 1.96. The van der Waals surface area contributed by atoms with Gasteiger partial charge in [0.1, 0.15) is 4.34 Å². The molecular formula is C18H29N7S2. The second-order valence-electron chi connectivity index (χ2n) is 6.56. The molecule has 0 aromatic carbocycles. The number of rotatable bonds is 8. The molecule has 0 saturated carbocycles. The molecule has 2 N–H and O–H groups in total. The maximum absolute atomic E-state index is 4.76. The van der Waals surface area contributed by atoms with Gasteiger partial charge < -0.3 is 15.5 Å². The van der Waals surface area contributed by atoms with Gasteiger partial charge in [-0.15, -0.1) is 11.3 Å². The number of hydrogen-bond acceptors (Lipinski definition) is 6. The van der Waals surface area contributed by atoms with Crippen LogP contribution in [-0.4, -0.2) is 58.7 Å². The number of anilines is 1. The molecule has 0 aliphatic carbocycles. The monoisotopic (exact) mass is 407 g/mol. The second-order valence-corrected chi connectivity index (χ2v) is 8.80. The van der Waals surface area contributed by atoms with E-state index in [4.69, 9.17) is 4.99 Å². The molecular weight excluding hydrogens is 378 g/mol. The number of nitrogens with zero attached hydrogens (tertiary/aromatic N) is 5. The molecule has 2 aromatic rings. The summed E-state index contributed by atoms with van der Waals surface area (Å²) < 4.78 is 3.00. The van der Waals surface area contributed by atoms with Gasteiger partial charge in [0.05, 0.1) is 11.9 Å². The van der Waals surface area contributed by atoms with Crippen molar-refractivity contribution in [3.8, 4) is 0 Å². The lowest BCUT2D eigenvalue weighted by Gasteiger charge is -2.34. The third-order valence-electron chi connectivity index (χ3n) is 4.37. The summed E-state index contributed by atoms with van der Waals surface area (Å²) in [5.41, 5.74) is 1.20. The number of thioether (sulfide) groups is 1. The number of aliphatic imine (C=N–C) groups is 1. The van der Waals surface area contributed by atoms with Crippen molar-refractivity contribution < 1.29 is 0 Å². The van der Waals surface area contributed by atoms with Crippen LogP contribution in [0, 0.1) is 0 Å². The lowest BCUT2D eigenvalue weighted by Crippen LogP contribution is -2.51. The number of guanidine groups is 1. The Balaban J connectivity index is 1.45. The van der Waals surface area contributed by atoms with E-state index in [-0.39, 0.29) is 0 Å². The normalized spacial score (nSPS) is 17.9. The van der Waals surface area contributed by atoms with Gasteiger partial charge in [0.25, 0.3) is 0 Å². The van der Waals surface area contributed by atoms with Crippen LogP contribution in [0.15, 0.2) is 33.3 Å². The van der Waals surface area contributed by atoms with Crippen molar-refractivity contribution >= 4 is 34.7 Å². The summed E-state index contributed by atoms with van der Waals surface area (Å²) in [6.07, 6.45) is 9.28. The van der Waals surface area contributed by atoms with E-state index in [1.807, 2.05) is 41.3 Å². The summed E-state index contributed by atoms with van der Waals surface area (Å²) in [5.74, 6) is 1.98. The molecule has 27 heavy (non-hydrogen) atoms. The Bertz CT molecular complexity index is 698. The molecule has 1 saturated heterocycles. The highest BCUT2D eigenvalue weighted by Crippen LogP contribution is 2.21. The minimum atomic E-state index is 0.404. The largest absolute Gasteiger partial charge is 0.367 e. The molecule has 0 amide bonds. The van der Waals surface area contributed by atoms with Gasteiger partial charge in [0.15, 0.2) is 5.96 Å². The Morgan fingerprint density at radius 2 is 2.41 bits per heavy atom. The average Bonchev–Trinajstić information content (AvgIpc) is 3.33. The van der Waals surface area contributed by atoms with Crippen LogP contribution in [0.5, 0.6) is 0 Å². The zero-order chi connectivity index (χ0) is 18.9. The van der Waals surface area contributed by atoms with E-state index in [9.17, 15) is 0 Å². The first kappa shape index (κ1) is 20.0. The van der Waals surface area contributed by atoms with Crippen molar-refractivity contribution in [2.75, 3.05) is 36.8 Å². The van der Waals surface area contributed by atoms with Crippen molar-refractivity contribution in [3.05, 3.63) is 24.0 Å². The van der Waals surface area contributed by atoms with Crippen LogP contribution in [-0.2, 0) is 7.05 Å². The zero-order valence-electron chi connectivity index (χ0n) is 16.1. The van der Waals surface area contributed by atoms with E-state index in [0.717, 1.165) is 48.7 Å². The van der Waals surface area contributed by atoms with Crippen molar-refractivity contribution in [2.24, 2.45) is 12.0 Å². The third-order valence-corrected chi connectivity index (χ3v) is 6.42. The van der Waals surface area contributed by atoms with Crippen LogP contribution in [0.25, 0.3) is 0 Å². The summed E-state index contributed by atoms with van der Waals surface area (Å²) in [5, 5.41) is 13.3. The first-order valence-electron chi connectivity index (χ1n) is 9.55. The Labute approximate surface area is 169 Å². The van der Waals surface area contributed by atoms with Crippen LogP contribution in [0.3, 0.4) is 0 Å². The smallest absolute Gasteiger partial charge is 0.191 e. The number of hydrogen-bond donors (Lipinski definition) is 2. The van der Waals surface area contributed by atoms with E-state index in [0.29, 0.717) is 6.04 Å². The standard InChI is InChI=1S/C18H29N7S2/c1-3-19-17(20-7-5-10-26-18-21-8-11-27-18)23-15-6-4-9-25(13-15)16-12-22-24(2)14-16/h8,11-12,14-15H,3-7,9-10,13H2,1-2H3,(H2,19,20,23). The number of aromatic nitrogens is 3. The topological polar surface area (TPSA) is 70.4 Å². The van der Waals surface area contributed by atoms with Gasteiger partial charge >= 0.3 is 0 Å². The molecule has 1 fully saturated rings. The maximum Gasteiger partial charge on any atom is 0.191 e. The fraction of sp³-hybridized carbons (Fsp3) is 0.611. The van der Waals surface area contributed by atoms with Crippen molar-refractivity contribution in [1.29, 1.82) is 0 Å². The first-order valence-corrected chi connectivity index (χ1v) is 11.4. The molecule has 3 rings (SSSR count). The highest BCUT2D eigenvalue weighted by atomic mass is 32.2. The minimum Gasteiger partial charge on any atom is -0.367 e. The lowest BCUT2D eigenvalue weighted by molar-refractivity contribution is 0.468. The molecule has 7 nitrogen and oxygen atoms in total. The van der Waals surface area contributed by atoms with E-state index in [2.05, 4.69) is 38.7 Å². The highest BCUT2D eigenvalue weighted by molar-refractivity contribution is 8.00. The summed E-state index contributed by atoms with van der Waals surface area (Å²) in [6, 6.07) is 0.404. The van der Waals surface area contributed by atoms with Crippen LogP contribution in [0.1, 0.15) is 26.2 Å². The number of nitrogens with one attached hydrogen (secondary N) is 2. The summed E-state index contributed by atoms with van der Waals surface area (Å²) in [6.45, 7) is 5.88. The second kappa shape index (κ2) is 10.6. The summed E-state index contributed by atoms with van der Waals surface area (Å²) in [4.78, 5) is 11.5. The minimum absolute atomic E-state index is 0.404. The fourth-order valence-corrected chi connectivity index (χ4v) is 4.74. The van der Waals surface area contributed by atoms with Crippen LogP contribution < -0.4 is 15.5 Å². The number of aryl methyl sites for hydroxylation is 1. The highest BCUT2D eigenvalue weighted by Gasteiger charge is 2.21. The molecule has 0 bridgehead atoms. The Morgan fingerprint density at radius 1 is 1.48 bits per heavy atom. The van der Waals surface area contributed by atoms with E-state index >= 15 is 0 Å². The van der Waals surface area contributed by atoms with Gasteiger partial charge in [-0.05, 0) is 26.2 Å². The quantitative estimate of drug-likeness (QED) is 0.303. The molecule has 3 heterocycles. The molecule has 1 aliphatic rings. The van der Waals surface area contributed by atoms with E-state index in [1.165, 1.54) is 18.5 Å². The SMILES string of the molecule is CCNC(=NCCCSc1nccs1)NC1CCCN(c2cnn(C)c2)C1. The van der Waals surface area contributed by atoms with Crippen LogP contribution in [0.2, 0.25) is 0 Å². The number of piperidine rings is 1. The van der Waals surface area contributed by atoms with Gasteiger partial charge in [-0.3, -0.25) is 9.67 Å². The predicted molar refractivity (Wildman–Crippen MR) is 115 cm³/mol.